The molecule has 0 unspecified atom stereocenters. The summed E-state index contributed by atoms with van der Waals surface area (Å²) in [4.78, 5) is 4.07. The molecule has 0 bridgehead atoms. The van der Waals surface area contributed by atoms with Crippen molar-refractivity contribution in [3.8, 4) is 5.75 Å². The largest absolute Gasteiger partial charge is 0.492 e. The molecule has 0 aliphatic rings. The van der Waals surface area contributed by atoms with Crippen LogP contribution in [0.15, 0.2) is 18.2 Å². The zero-order chi connectivity index (χ0) is 11.4. The Bertz CT molecular complexity index is 488. The molecule has 1 aromatic heterocycles. The first-order valence-corrected chi connectivity index (χ1v) is 4.97. The summed E-state index contributed by atoms with van der Waals surface area (Å²) in [6.07, 6.45) is 0. The molecule has 3 N–H and O–H groups in total. The van der Waals surface area contributed by atoms with Gasteiger partial charge in [-0.1, -0.05) is 0 Å². The molecule has 0 saturated carbocycles. The highest BCUT2D eigenvalue weighted by atomic mass is 16.5. The van der Waals surface area contributed by atoms with Crippen molar-refractivity contribution in [2.75, 3.05) is 25.9 Å². The van der Waals surface area contributed by atoms with Crippen LogP contribution in [0.25, 0.3) is 11.0 Å². The van der Waals surface area contributed by atoms with Crippen molar-refractivity contribution >= 4 is 17.0 Å². The summed E-state index contributed by atoms with van der Waals surface area (Å²) in [6, 6.07) is 5.45. The van der Waals surface area contributed by atoms with Crippen LogP contribution in [-0.2, 0) is 0 Å². The molecule has 16 heavy (non-hydrogen) atoms. The van der Waals surface area contributed by atoms with Crippen LogP contribution in [0.2, 0.25) is 0 Å². The van der Waals surface area contributed by atoms with E-state index >= 15 is 0 Å². The smallest absolute Gasteiger partial charge is 0.240 e. The third kappa shape index (κ3) is 2.34. The van der Waals surface area contributed by atoms with Gasteiger partial charge in [-0.3, -0.25) is 0 Å². The first kappa shape index (κ1) is 10.6. The molecule has 84 valence electrons. The Hall–Kier alpha value is -1.95. The van der Waals surface area contributed by atoms with Gasteiger partial charge in [0.1, 0.15) is 17.9 Å². The van der Waals surface area contributed by atoms with Gasteiger partial charge in [0.2, 0.25) is 5.95 Å². The monoisotopic (exact) mass is 219 g/mol. The quantitative estimate of drug-likeness (QED) is 0.715. The lowest BCUT2D eigenvalue weighted by molar-refractivity contribution is 0.319. The van der Waals surface area contributed by atoms with E-state index in [1.807, 2.05) is 19.2 Å². The lowest BCUT2D eigenvalue weighted by Gasteiger charge is -2.05. The van der Waals surface area contributed by atoms with Gasteiger partial charge < -0.3 is 15.8 Å². The third-order valence-corrected chi connectivity index (χ3v) is 2.06. The van der Waals surface area contributed by atoms with Crippen molar-refractivity contribution in [2.45, 2.75) is 0 Å². The number of likely N-dealkylation sites (N-methyl/N-ethyl adjacent to an activating group) is 1. The molecule has 1 aromatic carbocycles. The Balaban J connectivity index is 2.21. The van der Waals surface area contributed by atoms with Crippen molar-refractivity contribution in [3.63, 3.8) is 0 Å². The number of aromatic nitrogens is 3. The fourth-order valence-corrected chi connectivity index (χ4v) is 1.29. The molecule has 1 heterocycles. The molecule has 0 amide bonds. The van der Waals surface area contributed by atoms with Crippen LogP contribution in [0.4, 0.5) is 5.95 Å². The Morgan fingerprint density at radius 2 is 2.19 bits per heavy atom. The molecule has 2 aromatic rings. The molecule has 2 rings (SSSR count). The van der Waals surface area contributed by atoms with Crippen molar-refractivity contribution in [1.29, 1.82) is 0 Å². The molecule has 0 aliphatic heterocycles. The molecular weight excluding hydrogens is 206 g/mol. The highest BCUT2D eigenvalue weighted by molar-refractivity contribution is 5.75. The van der Waals surface area contributed by atoms with E-state index in [1.165, 1.54) is 0 Å². The SMILES string of the molecule is CNCCOc1ccc2nnc(N)nc2c1. The summed E-state index contributed by atoms with van der Waals surface area (Å²) in [5.74, 6) is 0.919. The van der Waals surface area contributed by atoms with Crippen LogP contribution in [-0.4, -0.2) is 35.4 Å². The van der Waals surface area contributed by atoms with Crippen molar-refractivity contribution in [3.05, 3.63) is 18.2 Å². The number of hydrogen-bond donors (Lipinski definition) is 2. The van der Waals surface area contributed by atoms with E-state index in [9.17, 15) is 0 Å². The summed E-state index contributed by atoms with van der Waals surface area (Å²) >= 11 is 0. The van der Waals surface area contributed by atoms with E-state index in [1.54, 1.807) is 6.07 Å². The maximum absolute atomic E-state index is 5.50. The van der Waals surface area contributed by atoms with E-state index in [0.717, 1.165) is 12.3 Å². The number of nitrogens with one attached hydrogen (secondary N) is 1. The lowest BCUT2D eigenvalue weighted by Crippen LogP contribution is -2.15. The molecule has 0 aliphatic carbocycles. The zero-order valence-corrected chi connectivity index (χ0v) is 8.97. The van der Waals surface area contributed by atoms with E-state index in [-0.39, 0.29) is 5.95 Å². The zero-order valence-electron chi connectivity index (χ0n) is 8.97. The molecule has 0 saturated heterocycles. The predicted octanol–water partition coefficient (Wildman–Crippen LogP) is 0.205. The molecule has 6 nitrogen and oxygen atoms in total. The molecular formula is C10H13N5O. The fraction of sp³-hybridized carbons (Fsp3) is 0.300. The maximum atomic E-state index is 5.50. The van der Waals surface area contributed by atoms with E-state index in [0.29, 0.717) is 17.6 Å². The number of nitrogens with zero attached hydrogens (tertiary/aromatic N) is 3. The minimum absolute atomic E-state index is 0.167. The predicted molar refractivity (Wildman–Crippen MR) is 61.2 cm³/mol. The lowest BCUT2D eigenvalue weighted by atomic mass is 10.3. The Morgan fingerprint density at radius 1 is 1.31 bits per heavy atom. The van der Waals surface area contributed by atoms with Gasteiger partial charge in [0, 0.05) is 12.6 Å². The second-order valence-electron chi connectivity index (χ2n) is 3.27. The summed E-state index contributed by atoms with van der Waals surface area (Å²) in [5, 5.41) is 10.6. The van der Waals surface area contributed by atoms with Gasteiger partial charge in [-0.05, 0) is 19.2 Å². The van der Waals surface area contributed by atoms with Gasteiger partial charge in [-0.2, -0.15) is 0 Å². The number of rotatable bonds is 4. The minimum atomic E-state index is 0.167. The third-order valence-electron chi connectivity index (χ3n) is 2.06. The summed E-state index contributed by atoms with van der Waals surface area (Å²) in [6.45, 7) is 1.40. The average Bonchev–Trinajstić information content (AvgIpc) is 2.29. The topological polar surface area (TPSA) is 86.0 Å². The van der Waals surface area contributed by atoms with Crippen LogP contribution >= 0.6 is 0 Å². The van der Waals surface area contributed by atoms with Crippen LogP contribution in [0.1, 0.15) is 0 Å². The van der Waals surface area contributed by atoms with Gasteiger partial charge in [0.15, 0.2) is 0 Å². The van der Waals surface area contributed by atoms with Gasteiger partial charge >= 0.3 is 0 Å². The average molecular weight is 219 g/mol. The summed E-state index contributed by atoms with van der Waals surface area (Å²) in [5.41, 5.74) is 6.85. The Morgan fingerprint density at radius 3 is 3.00 bits per heavy atom. The van der Waals surface area contributed by atoms with E-state index in [4.69, 9.17) is 10.5 Å². The molecule has 6 heteroatoms. The van der Waals surface area contributed by atoms with E-state index in [2.05, 4.69) is 20.5 Å². The second-order valence-corrected chi connectivity index (χ2v) is 3.27. The standard InChI is InChI=1S/C10H13N5O/c1-12-4-5-16-7-2-3-8-9(6-7)13-10(11)15-14-8/h2-3,6,12H,4-5H2,1H3,(H2,11,13,15). The van der Waals surface area contributed by atoms with Gasteiger partial charge in [0.25, 0.3) is 0 Å². The van der Waals surface area contributed by atoms with Crippen molar-refractivity contribution in [2.24, 2.45) is 0 Å². The Kier molecular flexibility index (Phi) is 3.11. The van der Waals surface area contributed by atoms with Crippen LogP contribution < -0.4 is 15.8 Å². The van der Waals surface area contributed by atoms with Crippen molar-refractivity contribution in [1.82, 2.24) is 20.5 Å². The summed E-state index contributed by atoms with van der Waals surface area (Å²) in [7, 11) is 1.88. The summed E-state index contributed by atoms with van der Waals surface area (Å²) < 4.78 is 5.50. The number of benzene rings is 1. The maximum Gasteiger partial charge on any atom is 0.240 e. The number of anilines is 1. The van der Waals surface area contributed by atoms with Crippen LogP contribution in [0, 0.1) is 0 Å². The van der Waals surface area contributed by atoms with E-state index < -0.39 is 0 Å². The number of ether oxygens (including phenoxy) is 1. The van der Waals surface area contributed by atoms with Gasteiger partial charge in [0.05, 0.1) is 5.52 Å². The van der Waals surface area contributed by atoms with Crippen LogP contribution in [0.5, 0.6) is 5.75 Å². The number of nitrogens with two attached hydrogens (primary N) is 1. The highest BCUT2D eigenvalue weighted by Gasteiger charge is 2.01. The minimum Gasteiger partial charge on any atom is -0.492 e. The number of nitrogen functional groups attached to an aromatic ring is 1. The van der Waals surface area contributed by atoms with Crippen molar-refractivity contribution < 1.29 is 4.74 Å². The molecule has 0 fully saturated rings. The Labute approximate surface area is 92.8 Å². The second kappa shape index (κ2) is 4.71. The molecule has 0 atom stereocenters. The highest BCUT2D eigenvalue weighted by Crippen LogP contribution is 2.17. The normalized spacial score (nSPS) is 10.6. The van der Waals surface area contributed by atoms with Gasteiger partial charge in [-0.15, -0.1) is 10.2 Å². The van der Waals surface area contributed by atoms with Gasteiger partial charge in [-0.25, -0.2) is 4.98 Å². The fourth-order valence-electron chi connectivity index (χ4n) is 1.29. The molecule has 0 spiro atoms. The molecule has 0 radical (unpaired) electrons. The first-order valence-electron chi connectivity index (χ1n) is 4.97. The number of hydrogen-bond acceptors (Lipinski definition) is 6. The first-order chi connectivity index (χ1) is 7.79. The number of fused-ring (bicyclic) bond motifs is 1. The van der Waals surface area contributed by atoms with Crippen LogP contribution in [0.3, 0.4) is 0 Å².